The van der Waals surface area contributed by atoms with E-state index in [4.69, 9.17) is 0 Å². The van der Waals surface area contributed by atoms with Crippen molar-refractivity contribution in [2.24, 2.45) is 22.7 Å². The van der Waals surface area contributed by atoms with Crippen LogP contribution in [0.4, 0.5) is 4.79 Å². The van der Waals surface area contributed by atoms with Crippen LogP contribution in [0.1, 0.15) is 106 Å². The number of sulfone groups is 1. The van der Waals surface area contributed by atoms with Gasteiger partial charge in [0.05, 0.1) is 22.6 Å². The molecule has 0 radical (unpaired) electrons. The van der Waals surface area contributed by atoms with Crippen LogP contribution in [-0.2, 0) is 29.0 Å². The highest BCUT2D eigenvalue weighted by atomic mass is 32.2. The highest BCUT2D eigenvalue weighted by molar-refractivity contribution is 7.93. The number of urea groups is 1. The Morgan fingerprint density at radius 2 is 1.61 bits per heavy atom. The van der Waals surface area contributed by atoms with Crippen molar-refractivity contribution in [2.75, 3.05) is 12.3 Å². The molecule has 0 bridgehead atoms. The molecule has 6 atom stereocenters. The molecular weight excluding hydrogens is 610 g/mol. The number of carbonyl (C=O) groups excluding carboxylic acids is 5. The molecule has 0 spiro atoms. The lowest BCUT2D eigenvalue weighted by molar-refractivity contribution is -0.145. The molecule has 2 heterocycles. The van der Waals surface area contributed by atoms with E-state index in [-0.39, 0.29) is 29.0 Å². The number of likely N-dealkylation sites (tertiary alicyclic amines) is 1. The lowest BCUT2D eigenvalue weighted by Gasteiger charge is -2.47. The first-order chi connectivity index (χ1) is 21.4. The van der Waals surface area contributed by atoms with Crippen LogP contribution in [0.25, 0.3) is 0 Å². The maximum absolute atomic E-state index is 14.4. The predicted molar refractivity (Wildman–Crippen MR) is 172 cm³/mol. The molecule has 4 N–H and O–H groups in total. The molecule has 0 unspecified atom stereocenters. The van der Waals surface area contributed by atoms with Crippen molar-refractivity contribution in [3.8, 4) is 0 Å². The zero-order valence-corrected chi connectivity index (χ0v) is 29.1. The third-order valence-electron chi connectivity index (χ3n) is 11.3. The van der Waals surface area contributed by atoms with Gasteiger partial charge in [-0.15, -0.1) is 0 Å². The third kappa shape index (κ3) is 6.67. The monoisotopic (exact) mass is 663 g/mol. The predicted octanol–water partition coefficient (Wildman–Crippen LogP) is 2.21. The maximum Gasteiger partial charge on any atom is 0.315 e. The number of hydrogen-bond donors (Lipinski definition) is 4. The van der Waals surface area contributed by atoms with E-state index in [0.717, 1.165) is 32.1 Å². The van der Waals surface area contributed by atoms with Gasteiger partial charge in [-0.05, 0) is 61.2 Å². The van der Waals surface area contributed by atoms with Crippen molar-refractivity contribution in [3.63, 3.8) is 0 Å². The summed E-state index contributed by atoms with van der Waals surface area (Å²) in [6.07, 6.45) is 6.82. The topological polar surface area (TPSA) is 171 Å². The number of carbonyl (C=O) groups is 5. The van der Waals surface area contributed by atoms with Crippen molar-refractivity contribution in [3.05, 3.63) is 0 Å². The Balaban J connectivity index is 1.33. The Hall–Kier alpha value is -2.70. The van der Waals surface area contributed by atoms with Gasteiger partial charge in [0, 0.05) is 12.6 Å². The van der Waals surface area contributed by atoms with Gasteiger partial charge < -0.3 is 26.2 Å². The van der Waals surface area contributed by atoms with Crippen molar-refractivity contribution in [1.29, 1.82) is 0 Å². The largest absolute Gasteiger partial charge is 0.347 e. The third-order valence-corrected chi connectivity index (χ3v) is 13.7. The van der Waals surface area contributed by atoms with E-state index in [1.54, 1.807) is 0 Å². The summed E-state index contributed by atoms with van der Waals surface area (Å²) in [5, 5.41) is 10.8. The highest BCUT2D eigenvalue weighted by Gasteiger charge is 2.70. The lowest BCUT2D eigenvalue weighted by Crippen LogP contribution is -2.67. The fourth-order valence-corrected chi connectivity index (χ4v) is 10.1. The molecule has 46 heavy (non-hydrogen) atoms. The normalized spacial score (nSPS) is 30.1. The van der Waals surface area contributed by atoms with E-state index in [9.17, 15) is 32.4 Å². The summed E-state index contributed by atoms with van der Waals surface area (Å²) in [6.45, 7) is 11.9. The molecule has 0 aromatic heterocycles. The molecule has 2 saturated heterocycles. The summed E-state index contributed by atoms with van der Waals surface area (Å²) in [5.74, 6) is -2.17. The molecule has 13 heteroatoms. The molecule has 3 saturated carbocycles. The molecular formula is C33H53N5O7S. The SMILES string of the molecule is CCC[C@H](NC(=O)[C@@H]1[C@@H]2[C@H](CN1C(=O)[C@@H](NC(=O)NC1([C@@H]3CCS3(=O)=O)CCCCC1)C(C)(C)C)C2(C)C)C(=O)C(=O)NC1CC1. The van der Waals surface area contributed by atoms with Gasteiger partial charge in [-0.1, -0.05) is 67.2 Å². The summed E-state index contributed by atoms with van der Waals surface area (Å²) in [4.78, 5) is 69.1. The van der Waals surface area contributed by atoms with Crippen LogP contribution in [-0.4, -0.2) is 90.1 Å². The summed E-state index contributed by atoms with van der Waals surface area (Å²) < 4.78 is 25.4. The minimum Gasteiger partial charge on any atom is -0.347 e. The first kappa shape index (κ1) is 34.6. The standard InChI is InChI=1S/C33H53N5O7S/c1-7-11-21(25(39)28(41)34-19-12-13-19)35-27(40)24-23-20(32(23,5)6)18-38(24)29(42)26(31(2,3)4)36-30(43)37-33(15-9-8-10-16-33)22-14-17-46(22,44)45/h19-24,26H,7-18H2,1-6H3,(H,34,41)(H,35,40)(H2,36,37,43)/t20-,21-,22-,23-,24-,26+/m0/s1. The number of ketones is 1. The van der Waals surface area contributed by atoms with Crippen LogP contribution in [0.2, 0.25) is 0 Å². The number of nitrogens with one attached hydrogen (secondary N) is 4. The summed E-state index contributed by atoms with van der Waals surface area (Å²) in [7, 11) is -3.28. The number of Topliss-reactive ketones (excluding diaryl/α,β-unsaturated/α-hetero) is 1. The van der Waals surface area contributed by atoms with Crippen molar-refractivity contribution in [1.82, 2.24) is 26.2 Å². The molecule has 3 aliphatic carbocycles. The van der Waals surface area contributed by atoms with Crippen molar-refractivity contribution >= 4 is 39.4 Å². The molecule has 5 rings (SSSR count). The van der Waals surface area contributed by atoms with E-state index in [1.165, 1.54) is 4.90 Å². The highest BCUT2D eigenvalue weighted by Crippen LogP contribution is 2.65. The van der Waals surface area contributed by atoms with E-state index in [2.05, 4.69) is 35.1 Å². The van der Waals surface area contributed by atoms with Gasteiger partial charge >= 0.3 is 6.03 Å². The van der Waals surface area contributed by atoms with Gasteiger partial charge in [-0.3, -0.25) is 19.2 Å². The zero-order chi connectivity index (χ0) is 33.8. The molecule has 2 aliphatic heterocycles. The van der Waals surface area contributed by atoms with Crippen LogP contribution in [0.3, 0.4) is 0 Å². The number of fused-ring (bicyclic) bond motifs is 1. The van der Waals surface area contributed by atoms with Gasteiger partial charge in [-0.2, -0.15) is 0 Å². The Morgan fingerprint density at radius 1 is 0.957 bits per heavy atom. The van der Waals surface area contributed by atoms with Crippen LogP contribution in [0.5, 0.6) is 0 Å². The van der Waals surface area contributed by atoms with Gasteiger partial charge in [0.1, 0.15) is 12.1 Å². The molecule has 5 fully saturated rings. The van der Waals surface area contributed by atoms with Crippen LogP contribution in [0.15, 0.2) is 0 Å². The smallest absolute Gasteiger partial charge is 0.315 e. The van der Waals surface area contributed by atoms with E-state index in [1.807, 2.05) is 27.7 Å². The average molecular weight is 664 g/mol. The molecule has 12 nitrogen and oxygen atoms in total. The molecule has 5 aliphatic rings. The van der Waals surface area contributed by atoms with Crippen LogP contribution in [0, 0.1) is 22.7 Å². The van der Waals surface area contributed by atoms with E-state index >= 15 is 0 Å². The minimum atomic E-state index is -3.28. The Bertz CT molecular complexity index is 1360. The summed E-state index contributed by atoms with van der Waals surface area (Å²) >= 11 is 0. The Labute approximate surface area is 273 Å². The number of amides is 5. The van der Waals surface area contributed by atoms with Gasteiger partial charge in [0.15, 0.2) is 9.84 Å². The zero-order valence-electron chi connectivity index (χ0n) is 28.2. The minimum absolute atomic E-state index is 0.00976. The second kappa shape index (κ2) is 12.4. The summed E-state index contributed by atoms with van der Waals surface area (Å²) in [6, 6.07) is -3.43. The fraction of sp³-hybridized carbons (Fsp3) is 0.848. The van der Waals surface area contributed by atoms with Crippen LogP contribution >= 0.6 is 0 Å². The first-order valence-electron chi connectivity index (χ1n) is 17.2. The second-order valence-corrected chi connectivity index (χ2v) is 18.4. The van der Waals surface area contributed by atoms with Crippen molar-refractivity contribution < 1.29 is 32.4 Å². The number of piperidine rings is 1. The average Bonchev–Trinajstić information content (AvgIpc) is 3.81. The molecule has 258 valence electrons. The number of rotatable bonds is 11. The lowest BCUT2D eigenvalue weighted by atomic mass is 9.78. The molecule has 0 aromatic rings. The van der Waals surface area contributed by atoms with Crippen molar-refractivity contribution in [2.45, 2.75) is 141 Å². The Kier molecular flexibility index (Phi) is 9.33. The quantitative estimate of drug-likeness (QED) is 0.246. The molecule has 0 aromatic carbocycles. The first-order valence-corrected chi connectivity index (χ1v) is 18.9. The van der Waals surface area contributed by atoms with Gasteiger partial charge in [0.25, 0.3) is 5.91 Å². The Morgan fingerprint density at radius 3 is 2.13 bits per heavy atom. The maximum atomic E-state index is 14.4. The molecule has 5 amide bonds. The van der Waals surface area contributed by atoms with Gasteiger partial charge in [0.2, 0.25) is 17.6 Å². The summed E-state index contributed by atoms with van der Waals surface area (Å²) in [5.41, 5.74) is -1.78. The number of hydrogen-bond acceptors (Lipinski definition) is 7. The van der Waals surface area contributed by atoms with Gasteiger partial charge in [-0.25, -0.2) is 13.2 Å². The van der Waals surface area contributed by atoms with E-state index < -0.39 is 73.7 Å². The second-order valence-electron chi connectivity index (χ2n) is 16.1. The number of nitrogens with zero attached hydrogens (tertiary/aromatic N) is 1. The van der Waals surface area contributed by atoms with Crippen LogP contribution < -0.4 is 21.3 Å². The fourth-order valence-electron chi connectivity index (χ4n) is 8.24. The van der Waals surface area contributed by atoms with E-state index in [0.29, 0.717) is 38.6 Å².